The molecule has 4 aromatic carbocycles. The average Bonchev–Trinajstić information content (AvgIpc) is 3.11. The molecule has 5 rings (SSSR count). The highest BCUT2D eigenvalue weighted by molar-refractivity contribution is 5.91. The van der Waals surface area contributed by atoms with E-state index in [2.05, 4.69) is 6.58 Å². The van der Waals surface area contributed by atoms with Crippen molar-refractivity contribution in [2.24, 2.45) is 0 Å². The topological polar surface area (TPSA) is 124 Å². The number of ether oxygens (including phenoxy) is 6. The molecule has 1 heterocycles. The van der Waals surface area contributed by atoms with Crippen molar-refractivity contribution in [3.8, 4) is 0 Å². The molecular weight excluding hydrogens is 592 g/mol. The quantitative estimate of drug-likeness (QED) is 0.122. The summed E-state index contributed by atoms with van der Waals surface area (Å²) in [4.78, 5) is 53.0. The first-order valence-corrected chi connectivity index (χ1v) is 14.4. The van der Waals surface area contributed by atoms with Gasteiger partial charge in [0.2, 0.25) is 12.4 Å². The third-order valence-corrected chi connectivity index (χ3v) is 6.97. The maximum atomic E-state index is 13.4. The minimum absolute atomic E-state index is 0.184. The standard InChI is InChI=1S/C36H30O10/c1-2-41-36-31(46-35(40)27-21-13-6-14-22-27)30(45-34(39)26-19-11-5-12-20-26)29(44-33(38)25-17-9-4-10-18-25)28(43-36)23-42-32(37)24-15-7-3-8-16-24/h2-22,28-31,36H,1,23H2/t28-,29-,30+,31-,36-/m1/s1. The van der Waals surface area contributed by atoms with Crippen LogP contribution in [0.15, 0.2) is 134 Å². The molecule has 0 N–H and O–H groups in total. The van der Waals surface area contributed by atoms with E-state index in [1.54, 1.807) is 97.1 Å². The van der Waals surface area contributed by atoms with Crippen LogP contribution in [-0.2, 0) is 28.4 Å². The van der Waals surface area contributed by atoms with Crippen LogP contribution >= 0.6 is 0 Å². The number of esters is 4. The minimum atomic E-state index is -1.49. The van der Waals surface area contributed by atoms with Crippen LogP contribution in [-0.4, -0.2) is 61.2 Å². The third-order valence-electron chi connectivity index (χ3n) is 6.97. The highest BCUT2D eigenvalue weighted by Gasteiger charge is 2.54. The van der Waals surface area contributed by atoms with E-state index in [4.69, 9.17) is 28.4 Å². The zero-order valence-electron chi connectivity index (χ0n) is 24.5. The van der Waals surface area contributed by atoms with Gasteiger partial charge in [-0.2, -0.15) is 0 Å². The van der Waals surface area contributed by atoms with Crippen LogP contribution in [0.25, 0.3) is 0 Å². The first-order valence-electron chi connectivity index (χ1n) is 14.4. The second kappa shape index (κ2) is 15.3. The van der Waals surface area contributed by atoms with Crippen LogP contribution in [0, 0.1) is 0 Å². The molecule has 0 bridgehead atoms. The van der Waals surface area contributed by atoms with Crippen molar-refractivity contribution in [2.45, 2.75) is 30.7 Å². The van der Waals surface area contributed by atoms with Crippen LogP contribution in [0.2, 0.25) is 0 Å². The number of benzene rings is 4. The molecule has 46 heavy (non-hydrogen) atoms. The molecule has 0 aliphatic carbocycles. The lowest BCUT2D eigenvalue weighted by Crippen LogP contribution is -2.63. The zero-order chi connectivity index (χ0) is 32.3. The lowest BCUT2D eigenvalue weighted by molar-refractivity contribution is -0.285. The smallest absolute Gasteiger partial charge is 0.338 e. The van der Waals surface area contributed by atoms with Crippen molar-refractivity contribution >= 4 is 23.9 Å². The molecule has 0 unspecified atom stereocenters. The number of hydrogen-bond donors (Lipinski definition) is 0. The van der Waals surface area contributed by atoms with E-state index >= 15 is 0 Å². The van der Waals surface area contributed by atoms with Crippen molar-refractivity contribution in [1.82, 2.24) is 0 Å². The third kappa shape index (κ3) is 7.85. The van der Waals surface area contributed by atoms with E-state index in [-0.39, 0.29) is 22.3 Å². The molecule has 4 aromatic rings. The van der Waals surface area contributed by atoms with Crippen LogP contribution in [0.1, 0.15) is 41.4 Å². The van der Waals surface area contributed by atoms with E-state index in [1.807, 2.05) is 0 Å². The Kier molecular flexibility index (Phi) is 10.5. The molecule has 0 amide bonds. The Morgan fingerprint density at radius 1 is 0.543 bits per heavy atom. The van der Waals surface area contributed by atoms with Gasteiger partial charge in [0.1, 0.15) is 12.7 Å². The van der Waals surface area contributed by atoms with Gasteiger partial charge in [-0.25, -0.2) is 19.2 Å². The van der Waals surface area contributed by atoms with Gasteiger partial charge < -0.3 is 28.4 Å². The fourth-order valence-electron chi connectivity index (χ4n) is 4.73. The average molecular weight is 623 g/mol. The van der Waals surface area contributed by atoms with Crippen molar-refractivity contribution in [1.29, 1.82) is 0 Å². The van der Waals surface area contributed by atoms with Gasteiger partial charge in [-0.05, 0) is 48.5 Å². The van der Waals surface area contributed by atoms with Crippen LogP contribution in [0.4, 0.5) is 0 Å². The normalized spacial score (nSPS) is 20.4. The summed E-state index contributed by atoms with van der Waals surface area (Å²) >= 11 is 0. The Balaban J connectivity index is 1.52. The van der Waals surface area contributed by atoms with Crippen molar-refractivity contribution in [2.75, 3.05) is 6.61 Å². The van der Waals surface area contributed by atoms with E-state index in [1.165, 1.54) is 24.3 Å². The van der Waals surface area contributed by atoms with Crippen molar-refractivity contribution in [3.63, 3.8) is 0 Å². The lowest BCUT2D eigenvalue weighted by Gasteiger charge is -2.43. The van der Waals surface area contributed by atoms with E-state index < -0.39 is 61.2 Å². The summed E-state index contributed by atoms with van der Waals surface area (Å²) in [6.45, 7) is 3.14. The van der Waals surface area contributed by atoms with Gasteiger partial charge in [-0.3, -0.25) is 0 Å². The van der Waals surface area contributed by atoms with Crippen LogP contribution in [0.5, 0.6) is 0 Å². The molecular formula is C36H30O10. The molecule has 1 saturated heterocycles. The lowest BCUT2D eigenvalue weighted by atomic mass is 9.97. The maximum Gasteiger partial charge on any atom is 0.338 e. The SMILES string of the molecule is C=CO[C@@H]1O[C@H](COC(=O)c2ccccc2)[C@@H](OC(=O)c2ccccc2)[C@H](OC(=O)c2ccccc2)[C@H]1OC(=O)c1ccccc1. The number of rotatable bonds is 11. The molecule has 0 radical (unpaired) electrons. The highest BCUT2D eigenvalue weighted by atomic mass is 16.7. The Labute approximate surface area is 265 Å². The van der Waals surface area contributed by atoms with E-state index in [0.29, 0.717) is 0 Å². The summed E-state index contributed by atoms with van der Waals surface area (Å²) < 4.78 is 35.0. The minimum Gasteiger partial charge on any atom is -0.469 e. The predicted octanol–water partition coefficient (Wildman–Crippen LogP) is 5.41. The summed E-state index contributed by atoms with van der Waals surface area (Å²) in [5.74, 6) is -3.04. The van der Waals surface area contributed by atoms with Gasteiger partial charge in [-0.1, -0.05) is 79.4 Å². The largest absolute Gasteiger partial charge is 0.469 e. The van der Waals surface area contributed by atoms with Crippen molar-refractivity contribution in [3.05, 3.63) is 156 Å². The monoisotopic (exact) mass is 622 g/mol. The molecule has 0 aromatic heterocycles. The van der Waals surface area contributed by atoms with Gasteiger partial charge in [0.25, 0.3) is 0 Å². The van der Waals surface area contributed by atoms with Gasteiger partial charge in [-0.15, -0.1) is 0 Å². The van der Waals surface area contributed by atoms with Crippen molar-refractivity contribution < 1.29 is 47.6 Å². The van der Waals surface area contributed by atoms with Crippen LogP contribution < -0.4 is 0 Å². The predicted molar refractivity (Wildman–Crippen MR) is 164 cm³/mol. The molecule has 0 spiro atoms. The van der Waals surface area contributed by atoms with Gasteiger partial charge >= 0.3 is 23.9 Å². The summed E-state index contributed by atoms with van der Waals surface area (Å²) in [7, 11) is 0. The molecule has 10 nitrogen and oxygen atoms in total. The molecule has 5 atom stereocenters. The van der Waals surface area contributed by atoms with E-state index in [9.17, 15) is 19.2 Å². The summed E-state index contributed by atoms with van der Waals surface area (Å²) in [5, 5.41) is 0. The Bertz CT molecular complexity index is 1630. The summed E-state index contributed by atoms with van der Waals surface area (Å²) in [6.07, 6.45) is -5.99. The first kappa shape index (κ1) is 31.7. The molecule has 234 valence electrons. The van der Waals surface area contributed by atoms with E-state index in [0.717, 1.165) is 6.26 Å². The molecule has 1 fully saturated rings. The Hall–Kier alpha value is -5.74. The van der Waals surface area contributed by atoms with Crippen LogP contribution in [0.3, 0.4) is 0 Å². The number of carbonyl (C=O) groups is 4. The number of hydrogen-bond acceptors (Lipinski definition) is 10. The summed E-state index contributed by atoms with van der Waals surface area (Å²) in [6, 6.07) is 32.6. The fraction of sp³-hybridized carbons (Fsp3) is 0.167. The van der Waals surface area contributed by atoms with Gasteiger partial charge in [0.05, 0.1) is 28.5 Å². The molecule has 1 aliphatic heterocycles. The fourth-order valence-corrected chi connectivity index (χ4v) is 4.73. The van der Waals surface area contributed by atoms with Gasteiger partial charge in [0.15, 0.2) is 12.2 Å². The number of carbonyl (C=O) groups excluding carboxylic acids is 4. The zero-order valence-corrected chi connectivity index (χ0v) is 24.5. The van der Waals surface area contributed by atoms with Gasteiger partial charge in [0, 0.05) is 0 Å². The molecule has 1 aliphatic rings. The molecule has 0 saturated carbocycles. The Morgan fingerprint density at radius 2 is 0.913 bits per heavy atom. The Morgan fingerprint density at radius 3 is 1.33 bits per heavy atom. The molecule has 10 heteroatoms. The highest BCUT2D eigenvalue weighted by Crippen LogP contribution is 2.32. The second-order valence-electron chi connectivity index (χ2n) is 10.0. The maximum absolute atomic E-state index is 13.4. The summed E-state index contributed by atoms with van der Waals surface area (Å²) in [5.41, 5.74) is 0.850. The second-order valence-corrected chi connectivity index (χ2v) is 10.0. The first-order chi connectivity index (χ1) is 22.4.